The van der Waals surface area contributed by atoms with Gasteiger partial charge in [-0.3, -0.25) is 5.41 Å². The number of H-pyrrole nitrogens is 1. The number of aromatic nitrogens is 2. The van der Waals surface area contributed by atoms with Crippen LogP contribution in [-0.2, 0) is 6.54 Å². The maximum Gasteiger partial charge on any atom is 0.200 e. The van der Waals surface area contributed by atoms with Crippen LogP contribution in [0.3, 0.4) is 0 Å². The van der Waals surface area contributed by atoms with E-state index >= 15 is 0 Å². The Labute approximate surface area is 117 Å². The molecule has 19 heavy (non-hydrogen) atoms. The quantitative estimate of drug-likeness (QED) is 0.727. The summed E-state index contributed by atoms with van der Waals surface area (Å²) in [6, 6.07) is 12.4. The van der Waals surface area contributed by atoms with Crippen molar-refractivity contribution in [3.05, 3.63) is 63.9 Å². The Hall–Kier alpha value is -1.88. The molecule has 96 valence electrons. The summed E-state index contributed by atoms with van der Waals surface area (Å²) in [4.78, 5) is 2.94. The second-order valence-electron chi connectivity index (χ2n) is 4.35. The molecule has 2 aromatic carbocycles. The largest absolute Gasteiger partial charge is 0.324 e. The summed E-state index contributed by atoms with van der Waals surface area (Å²) in [7, 11) is 0. The lowest BCUT2D eigenvalue weighted by Gasteiger charge is -2.05. The van der Waals surface area contributed by atoms with E-state index in [1.807, 2.05) is 24.3 Å². The lowest BCUT2D eigenvalue weighted by molar-refractivity contribution is 0.628. The Morgan fingerprint density at radius 2 is 1.89 bits per heavy atom. The number of hydrogen-bond acceptors (Lipinski definition) is 1. The first-order chi connectivity index (χ1) is 9.13. The molecule has 1 heterocycles. The molecule has 5 heteroatoms. The van der Waals surface area contributed by atoms with E-state index < -0.39 is 0 Å². The second-order valence-corrected chi connectivity index (χ2v) is 5.26. The third-order valence-corrected chi connectivity index (χ3v) is 3.56. The number of aromatic amines is 1. The van der Waals surface area contributed by atoms with Gasteiger partial charge in [0, 0.05) is 4.47 Å². The molecule has 0 saturated heterocycles. The smallest absolute Gasteiger partial charge is 0.200 e. The number of benzene rings is 2. The number of nitrogens with zero attached hydrogens (tertiary/aromatic N) is 1. The van der Waals surface area contributed by atoms with E-state index in [1.54, 1.807) is 10.6 Å². The van der Waals surface area contributed by atoms with Gasteiger partial charge in [0.2, 0.25) is 5.62 Å². The Bertz CT molecular complexity index is 787. The maximum absolute atomic E-state index is 13.3. The fourth-order valence-corrected chi connectivity index (χ4v) is 2.35. The average molecular weight is 320 g/mol. The lowest BCUT2D eigenvalue weighted by atomic mass is 10.2. The highest BCUT2D eigenvalue weighted by molar-refractivity contribution is 9.10. The molecule has 0 spiro atoms. The van der Waals surface area contributed by atoms with Crippen molar-refractivity contribution in [2.45, 2.75) is 6.54 Å². The average Bonchev–Trinajstić information content (AvgIpc) is 2.69. The van der Waals surface area contributed by atoms with E-state index in [0.29, 0.717) is 12.1 Å². The monoisotopic (exact) mass is 319 g/mol. The Morgan fingerprint density at radius 3 is 2.63 bits per heavy atom. The molecule has 0 bridgehead atoms. The van der Waals surface area contributed by atoms with Crippen LogP contribution in [0.5, 0.6) is 0 Å². The third kappa shape index (κ3) is 2.33. The predicted molar refractivity (Wildman–Crippen MR) is 75.3 cm³/mol. The zero-order chi connectivity index (χ0) is 13.4. The van der Waals surface area contributed by atoms with Gasteiger partial charge in [0.1, 0.15) is 5.82 Å². The van der Waals surface area contributed by atoms with Crippen molar-refractivity contribution in [1.82, 2.24) is 9.55 Å². The van der Waals surface area contributed by atoms with Crippen LogP contribution in [0.1, 0.15) is 5.56 Å². The molecule has 3 aromatic rings. The highest BCUT2D eigenvalue weighted by atomic mass is 79.9. The number of nitrogens with one attached hydrogen (secondary N) is 2. The van der Waals surface area contributed by atoms with Gasteiger partial charge in [0.05, 0.1) is 17.6 Å². The fourth-order valence-electron chi connectivity index (χ4n) is 2.09. The van der Waals surface area contributed by atoms with Gasteiger partial charge in [0.25, 0.3) is 0 Å². The topological polar surface area (TPSA) is 44.6 Å². The number of rotatable bonds is 2. The number of fused-ring (bicyclic) bond motifs is 1. The molecule has 1 aromatic heterocycles. The molecular weight excluding hydrogens is 309 g/mol. The summed E-state index contributed by atoms with van der Waals surface area (Å²) < 4.78 is 16.1. The van der Waals surface area contributed by atoms with E-state index in [1.165, 1.54) is 12.1 Å². The summed E-state index contributed by atoms with van der Waals surface area (Å²) in [5.74, 6) is -0.295. The van der Waals surface area contributed by atoms with Gasteiger partial charge in [-0.25, -0.2) is 4.39 Å². The van der Waals surface area contributed by atoms with Crippen molar-refractivity contribution in [3.63, 3.8) is 0 Å². The van der Waals surface area contributed by atoms with Crippen LogP contribution in [0.15, 0.2) is 46.9 Å². The van der Waals surface area contributed by atoms with Crippen molar-refractivity contribution in [1.29, 1.82) is 5.41 Å². The molecule has 0 atom stereocenters. The molecule has 0 amide bonds. The van der Waals surface area contributed by atoms with Gasteiger partial charge in [-0.1, -0.05) is 28.1 Å². The molecule has 0 saturated carbocycles. The van der Waals surface area contributed by atoms with Crippen molar-refractivity contribution >= 4 is 27.0 Å². The third-order valence-electron chi connectivity index (χ3n) is 3.03. The van der Waals surface area contributed by atoms with Crippen LogP contribution >= 0.6 is 15.9 Å². The lowest BCUT2D eigenvalue weighted by Crippen LogP contribution is -2.17. The zero-order valence-corrected chi connectivity index (χ0v) is 11.5. The number of imidazole rings is 1. The number of hydrogen-bond donors (Lipinski definition) is 2. The van der Waals surface area contributed by atoms with Gasteiger partial charge in [0.15, 0.2) is 0 Å². The first-order valence-corrected chi connectivity index (χ1v) is 6.60. The summed E-state index contributed by atoms with van der Waals surface area (Å²) in [6.45, 7) is 0.537. The molecule has 0 aliphatic rings. The summed E-state index contributed by atoms with van der Waals surface area (Å²) in [6.07, 6.45) is 0. The van der Waals surface area contributed by atoms with E-state index in [4.69, 9.17) is 5.41 Å². The molecule has 0 fully saturated rings. The van der Waals surface area contributed by atoms with E-state index in [0.717, 1.165) is 15.6 Å². The zero-order valence-electron chi connectivity index (χ0n) is 9.95. The van der Waals surface area contributed by atoms with E-state index in [-0.39, 0.29) is 11.4 Å². The predicted octanol–water partition coefficient (Wildman–Crippen LogP) is 3.40. The standard InChI is InChI=1S/C14H11BrFN3/c15-10-3-1-9(2-4-10)8-19-13-7-11(16)5-6-12(13)18-14(19)17/h1-7H,8H2,(H2,17,18). The van der Waals surface area contributed by atoms with Crippen LogP contribution in [-0.4, -0.2) is 9.55 Å². The summed E-state index contributed by atoms with van der Waals surface area (Å²) in [5.41, 5.74) is 2.80. The van der Waals surface area contributed by atoms with Gasteiger partial charge >= 0.3 is 0 Å². The van der Waals surface area contributed by atoms with Crippen molar-refractivity contribution in [3.8, 4) is 0 Å². The van der Waals surface area contributed by atoms with Crippen LogP contribution in [0.25, 0.3) is 11.0 Å². The SMILES string of the molecule is N=c1[nH]c2ccc(F)cc2n1Cc1ccc(Br)cc1. The highest BCUT2D eigenvalue weighted by Crippen LogP contribution is 2.15. The molecule has 0 aliphatic heterocycles. The molecule has 0 radical (unpaired) electrons. The first kappa shape index (κ1) is 12.2. The maximum atomic E-state index is 13.3. The van der Waals surface area contributed by atoms with Crippen molar-refractivity contribution in [2.75, 3.05) is 0 Å². The van der Waals surface area contributed by atoms with Crippen LogP contribution in [0.4, 0.5) is 4.39 Å². The molecule has 3 rings (SSSR count). The molecule has 0 unspecified atom stereocenters. The minimum atomic E-state index is -0.295. The van der Waals surface area contributed by atoms with Crippen LogP contribution in [0, 0.1) is 11.2 Å². The molecule has 0 aliphatic carbocycles. The summed E-state index contributed by atoms with van der Waals surface area (Å²) >= 11 is 3.39. The highest BCUT2D eigenvalue weighted by Gasteiger charge is 2.06. The normalized spacial score (nSPS) is 11.1. The fraction of sp³-hybridized carbons (Fsp3) is 0.0714. The van der Waals surface area contributed by atoms with Crippen LogP contribution in [0.2, 0.25) is 0 Å². The van der Waals surface area contributed by atoms with Crippen molar-refractivity contribution in [2.24, 2.45) is 0 Å². The Kier molecular flexibility index (Phi) is 2.98. The molecular formula is C14H11BrFN3. The first-order valence-electron chi connectivity index (χ1n) is 5.80. The minimum Gasteiger partial charge on any atom is -0.324 e. The Morgan fingerprint density at radius 1 is 1.16 bits per heavy atom. The van der Waals surface area contributed by atoms with E-state index in [9.17, 15) is 4.39 Å². The Balaban J connectivity index is 2.09. The molecule has 2 N–H and O–H groups in total. The second kappa shape index (κ2) is 4.66. The molecule has 3 nitrogen and oxygen atoms in total. The van der Waals surface area contributed by atoms with Gasteiger partial charge in [-0.05, 0) is 35.9 Å². The van der Waals surface area contributed by atoms with Gasteiger partial charge in [-0.2, -0.15) is 0 Å². The van der Waals surface area contributed by atoms with Gasteiger partial charge in [-0.15, -0.1) is 0 Å². The van der Waals surface area contributed by atoms with Crippen LogP contribution < -0.4 is 5.62 Å². The minimum absolute atomic E-state index is 0.267. The summed E-state index contributed by atoms with van der Waals surface area (Å²) in [5, 5.41) is 7.94. The van der Waals surface area contributed by atoms with Gasteiger partial charge < -0.3 is 9.55 Å². The van der Waals surface area contributed by atoms with E-state index in [2.05, 4.69) is 20.9 Å². The van der Waals surface area contributed by atoms with Crippen molar-refractivity contribution < 1.29 is 4.39 Å². The number of halogens is 2.